The maximum absolute atomic E-state index is 12.8. The first kappa shape index (κ1) is 18.4. The molecule has 0 unspecified atom stereocenters. The maximum atomic E-state index is 12.8. The Hall–Kier alpha value is -1.44. The van der Waals surface area contributed by atoms with Crippen molar-refractivity contribution in [1.82, 2.24) is 14.5 Å². The van der Waals surface area contributed by atoms with Crippen LogP contribution in [0, 0.1) is 0 Å². The molecule has 0 aliphatic carbocycles. The molecule has 1 N–H and O–H groups in total. The molecule has 1 aromatic carbocycles. The van der Waals surface area contributed by atoms with Gasteiger partial charge < -0.3 is 5.32 Å². The van der Waals surface area contributed by atoms with Gasteiger partial charge in [-0.15, -0.1) is 0 Å². The minimum absolute atomic E-state index is 0.0568. The first-order chi connectivity index (χ1) is 11.9. The van der Waals surface area contributed by atoms with E-state index in [0.29, 0.717) is 25.9 Å². The zero-order chi connectivity index (χ0) is 18.0. The molecule has 7 heteroatoms. The number of hydrogen-bond donors (Lipinski definition) is 1. The van der Waals surface area contributed by atoms with E-state index < -0.39 is 10.0 Å². The lowest BCUT2D eigenvalue weighted by molar-refractivity contribution is -0.128. The van der Waals surface area contributed by atoms with E-state index >= 15 is 0 Å². The number of fused-ring (bicyclic) bond motifs is 1. The molecule has 1 saturated heterocycles. The lowest BCUT2D eigenvalue weighted by Crippen LogP contribution is -2.54. The summed E-state index contributed by atoms with van der Waals surface area (Å²) in [6, 6.07) is 8.22. The monoisotopic (exact) mass is 365 g/mol. The molecule has 2 heterocycles. The van der Waals surface area contributed by atoms with Crippen molar-refractivity contribution in [2.45, 2.75) is 44.8 Å². The number of piperidine rings is 1. The van der Waals surface area contributed by atoms with Crippen LogP contribution in [0.5, 0.6) is 0 Å². The highest BCUT2D eigenvalue weighted by atomic mass is 32.2. The smallest absolute Gasteiger partial charge is 0.237 e. The molecule has 0 radical (unpaired) electrons. The predicted octanol–water partition coefficient (Wildman–Crippen LogP) is 0.973. The molecular formula is C18H27N3O3S. The summed E-state index contributed by atoms with van der Waals surface area (Å²) >= 11 is 0. The van der Waals surface area contributed by atoms with E-state index in [2.05, 4.69) is 29.3 Å². The minimum Gasteiger partial charge on any atom is -0.352 e. The summed E-state index contributed by atoms with van der Waals surface area (Å²) in [5.74, 6) is 0.0640. The van der Waals surface area contributed by atoms with Crippen LogP contribution in [0.4, 0.5) is 0 Å². The number of hydrogen-bond acceptors (Lipinski definition) is 4. The predicted molar refractivity (Wildman–Crippen MR) is 97.6 cm³/mol. The van der Waals surface area contributed by atoms with Crippen LogP contribution in [0.3, 0.4) is 0 Å². The zero-order valence-corrected chi connectivity index (χ0v) is 15.8. The van der Waals surface area contributed by atoms with Gasteiger partial charge in [-0.25, -0.2) is 12.7 Å². The number of carbonyl (C=O) groups is 1. The topological polar surface area (TPSA) is 69.7 Å². The van der Waals surface area contributed by atoms with Crippen molar-refractivity contribution in [3.8, 4) is 0 Å². The number of nitrogens with zero attached hydrogens (tertiary/aromatic N) is 2. The number of sulfonamides is 1. The van der Waals surface area contributed by atoms with Gasteiger partial charge in [0.2, 0.25) is 15.9 Å². The van der Waals surface area contributed by atoms with Crippen LogP contribution in [0.1, 0.15) is 30.9 Å². The summed E-state index contributed by atoms with van der Waals surface area (Å²) in [5, 5.41) is 3.15. The van der Waals surface area contributed by atoms with E-state index in [-0.39, 0.29) is 18.0 Å². The number of nitrogens with one attached hydrogen (secondary N) is 1. The molecule has 0 spiro atoms. The zero-order valence-electron chi connectivity index (χ0n) is 14.9. The van der Waals surface area contributed by atoms with Crippen molar-refractivity contribution in [3.05, 3.63) is 35.4 Å². The van der Waals surface area contributed by atoms with Gasteiger partial charge in [-0.2, -0.15) is 0 Å². The van der Waals surface area contributed by atoms with Crippen molar-refractivity contribution >= 4 is 15.9 Å². The molecule has 2 aliphatic heterocycles. The highest BCUT2D eigenvalue weighted by Gasteiger charge is 2.32. The Labute approximate surface area is 150 Å². The van der Waals surface area contributed by atoms with Crippen LogP contribution < -0.4 is 5.32 Å². The van der Waals surface area contributed by atoms with E-state index in [9.17, 15) is 13.2 Å². The molecule has 0 aromatic heterocycles. The molecule has 2 aliphatic rings. The van der Waals surface area contributed by atoms with Crippen molar-refractivity contribution in [1.29, 1.82) is 0 Å². The summed E-state index contributed by atoms with van der Waals surface area (Å²) in [6.07, 6.45) is 3.32. The second kappa shape index (κ2) is 7.43. The summed E-state index contributed by atoms with van der Waals surface area (Å²) < 4.78 is 24.7. The molecule has 1 atom stereocenters. The fraction of sp³-hybridized carbons (Fsp3) is 0.611. The Balaban J connectivity index is 1.61. The Bertz CT molecular complexity index is 727. The van der Waals surface area contributed by atoms with Crippen molar-refractivity contribution in [2.24, 2.45) is 0 Å². The first-order valence-corrected chi connectivity index (χ1v) is 10.8. The lowest BCUT2D eigenvalue weighted by atomic mass is 9.93. The molecular weight excluding hydrogens is 338 g/mol. The second-order valence-electron chi connectivity index (χ2n) is 7.00. The molecule has 6 nitrogen and oxygen atoms in total. The Kier molecular flexibility index (Phi) is 5.46. The largest absolute Gasteiger partial charge is 0.352 e. The Morgan fingerprint density at radius 2 is 1.84 bits per heavy atom. The fourth-order valence-electron chi connectivity index (χ4n) is 3.80. The average Bonchev–Trinajstić information content (AvgIpc) is 2.60. The number of amides is 1. The lowest BCUT2D eigenvalue weighted by Gasteiger charge is -2.37. The number of benzene rings is 1. The van der Waals surface area contributed by atoms with Crippen molar-refractivity contribution in [3.63, 3.8) is 0 Å². The standard InChI is InChI=1S/C18H27N3O3S/c1-3-20-13-15-7-5-4-6-14(15)12-17(20)18(22)19-16-8-10-21(11-9-16)25(2,23)24/h4-7,16-17H,3,8-13H2,1-2H3,(H,19,22)/t17-/m0/s1. The van der Waals surface area contributed by atoms with Gasteiger partial charge in [0, 0.05) is 25.7 Å². The third-order valence-corrected chi connectivity index (χ3v) is 6.63. The SMILES string of the molecule is CCN1Cc2ccccc2C[C@H]1C(=O)NC1CCN(S(C)(=O)=O)CC1. The Morgan fingerprint density at radius 3 is 2.44 bits per heavy atom. The molecule has 25 heavy (non-hydrogen) atoms. The number of likely N-dealkylation sites (N-methyl/N-ethyl adjacent to an activating group) is 1. The molecule has 1 aromatic rings. The molecule has 3 rings (SSSR count). The van der Waals surface area contributed by atoms with E-state index in [1.54, 1.807) is 0 Å². The van der Waals surface area contributed by atoms with Gasteiger partial charge in [-0.05, 0) is 36.9 Å². The molecule has 1 amide bonds. The van der Waals surface area contributed by atoms with Crippen molar-refractivity contribution < 1.29 is 13.2 Å². The highest BCUT2D eigenvalue weighted by molar-refractivity contribution is 7.88. The summed E-state index contributed by atoms with van der Waals surface area (Å²) in [4.78, 5) is 15.1. The molecule has 0 saturated carbocycles. The average molecular weight is 365 g/mol. The van der Waals surface area contributed by atoms with E-state index in [0.717, 1.165) is 19.5 Å². The van der Waals surface area contributed by atoms with Gasteiger partial charge in [0.15, 0.2) is 0 Å². The molecule has 0 bridgehead atoms. The van der Waals surface area contributed by atoms with Crippen LogP contribution in [0.15, 0.2) is 24.3 Å². The van der Waals surface area contributed by atoms with Gasteiger partial charge in [0.25, 0.3) is 0 Å². The Morgan fingerprint density at radius 1 is 1.20 bits per heavy atom. The third-order valence-electron chi connectivity index (χ3n) is 5.32. The van der Waals surface area contributed by atoms with Gasteiger partial charge >= 0.3 is 0 Å². The van der Waals surface area contributed by atoms with Gasteiger partial charge in [0.05, 0.1) is 12.3 Å². The second-order valence-corrected chi connectivity index (χ2v) is 8.98. The maximum Gasteiger partial charge on any atom is 0.237 e. The summed E-state index contributed by atoms with van der Waals surface area (Å²) in [6.45, 7) is 4.68. The van der Waals surface area contributed by atoms with Crippen molar-refractivity contribution in [2.75, 3.05) is 25.9 Å². The van der Waals surface area contributed by atoms with Gasteiger partial charge in [-0.1, -0.05) is 31.2 Å². The third kappa shape index (κ3) is 4.22. The van der Waals surface area contributed by atoms with Crippen LogP contribution in [-0.2, 0) is 27.8 Å². The van der Waals surface area contributed by atoms with E-state index in [1.165, 1.54) is 21.7 Å². The molecule has 1 fully saturated rings. The summed E-state index contributed by atoms with van der Waals surface area (Å²) in [5.41, 5.74) is 2.55. The first-order valence-electron chi connectivity index (χ1n) is 8.95. The summed E-state index contributed by atoms with van der Waals surface area (Å²) in [7, 11) is -3.13. The fourth-order valence-corrected chi connectivity index (χ4v) is 4.67. The van der Waals surface area contributed by atoms with Crippen LogP contribution >= 0.6 is 0 Å². The number of rotatable bonds is 4. The normalized spacial score (nSPS) is 23.2. The molecule has 138 valence electrons. The van der Waals surface area contributed by atoms with Gasteiger partial charge in [0.1, 0.15) is 0 Å². The highest BCUT2D eigenvalue weighted by Crippen LogP contribution is 2.23. The van der Waals surface area contributed by atoms with Crippen LogP contribution in [0.25, 0.3) is 0 Å². The van der Waals surface area contributed by atoms with Crippen LogP contribution in [-0.4, -0.2) is 61.5 Å². The van der Waals surface area contributed by atoms with E-state index in [4.69, 9.17) is 0 Å². The minimum atomic E-state index is -3.13. The quantitative estimate of drug-likeness (QED) is 0.863. The van der Waals surface area contributed by atoms with E-state index in [1.807, 2.05) is 12.1 Å². The van der Waals surface area contributed by atoms with Crippen LogP contribution in [0.2, 0.25) is 0 Å². The van der Waals surface area contributed by atoms with Gasteiger partial charge in [-0.3, -0.25) is 9.69 Å². The number of carbonyl (C=O) groups excluding carboxylic acids is 1.